The van der Waals surface area contributed by atoms with E-state index in [9.17, 15) is 4.79 Å². The number of carbonyl (C=O) groups excluding carboxylic acids is 1. The highest BCUT2D eigenvalue weighted by molar-refractivity contribution is 6.62. The van der Waals surface area contributed by atoms with Gasteiger partial charge in [-0.3, -0.25) is 4.79 Å². The summed E-state index contributed by atoms with van der Waals surface area (Å²) >= 11 is 0. The molecule has 0 spiro atoms. The fourth-order valence-electron chi connectivity index (χ4n) is 2.29. The second-order valence-electron chi connectivity index (χ2n) is 6.51. The molecule has 1 aromatic rings. The lowest BCUT2D eigenvalue weighted by Crippen LogP contribution is -2.41. The molecule has 1 aromatic carbocycles. The number of rotatable bonds is 4. The van der Waals surface area contributed by atoms with Gasteiger partial charge in [0.15, 0.2) is 0 Å². The predicted octanol–water partition coefficient (Wildman–Crippen LogP) is 1.28. The van der Waals surface area contributed by atoms with Gasteiger partial charge in [-0.2, -0.15) is 0 Å². The lowest BCUT2D eigenvalue weighted by Gasteiger charge is -2.32. The summed E-state index contributed by atoms with van der Waals surface area (Å²) in [5.41, 5.74) is 0.954. The number of benzene rings is 1. The summed E-state index contributed by atoms with van der Waals surface area (Å²) < 4.78 is 17.5. The molecule has 0 radical (unpaired) electrons. The average Bonchev–Trinajstić information content (AvgIpc) is 2.67. The minimum atomic E-state index is -0.437. The van der Waals surface area contributed by atoms with Crippen LogP contribution in [0.15, 0.2) is 18.2 Å². The first-order chi connectivity index (χ1) is 10.2. The van der Waals surface area contributed by atoms with Crippen LogP contribution >= 0.6 is 0 Å². The van der Waals surface area contributed by atoms with Crippen molar-refractivity contribution < 1.29 is 18.8 Å². The molecule has 0 atom stereocenters. The molecule has 6 heteroatoms. The zero-order chi connectivity index (χ0) is 16.5. The van der Waals surface area contributed by atoms with Crippen LogP contribution in [0.25, 0.3) is 0 Å². The number of likely N-dealkylation sites (N-methyl/N-ethyl adjacent to an activating group) is 1. The van der Waals surface area contributed by atoms with E-state index >= 15 is 0 Å². The second-order valence-corrected chi connectivity index (χ2v) is 6.51. The van der Waals surface area contributed by atoms with Crippen molar-refractivity contribution >= 4 is 18.5 Å². The van der Waals surface area contributed by atoms with Gasteiger partial charge in [-0.25, -0.2) is 0 Å². The summed E-state index contributed by atoms with van der Waals surface area (Å²) in [6.07, 6.45) is 0.281. The Morgan fingerprint density at radius 1 is 1.23 bits per heavy atom. The fraction of sp³-hybridized carbons (Fsp3) is 0.562. The molecule has 1 amide bonds. The lowest BCUT2D eigenvalue weighted by molar-refractivity contribution is -0.119. The molecular formula is C16H24BNO4. The Hall–Kier alpha value is -1.53. The Bertz CT molecular complexity index is 555. The highest BCUT2D eigenvalue weighted by atomic mass is 16.7. The van der Waals surface area contributed by atoms with E-state index < -0.39 is 7.12 Å². The Morgan fingerprint density at radius 3 is 2.32 bits per heavy atom. The SMILES string of the molecule is CNC(=O)Cc1ccc(B2OC(C)(C)C(C)(C)O2)cc1OC. The topological polar surface area (TPSA) is 56.8 Å². The third kappa shape index (κ3) is 3.13. The van der Waals surface area contributed by atoms with Crippen molar-refractivity contribution in [1.82, 2.24) is 5.32 Å². The van der Waals surface area contributed by atoms with Gasteiger partial charge in [-0.05, 0) is 39.2 Å². The quantitative estimate of drug-likeness (QED) is 0.852. The Balaban J connectivity index is 2.26. The predicted molar refractivity (Wildman–Crippen MR) is 86.5 cm³/mol. The summed E-state index contributed by atoms with van der Waals surface area (Å²) in [6.45, 7) is 8.07. The molecular weight excluding hydrogens is 281 g/mol. The van der Waals surface area contributed by atoms with Crippen LogP contribution < -0.4 is 15.5 Å². The molecule has 120 valence electrons. The molecule has 0 bridgehead atoms. The van der Waals surface area contributed by atoms with Crippen molar-refractivity contribution in [3.8, 4) is 5.75 Å². The van der Waals surface area contributed by atoms with Gasteiger partial charge in [0.25, 0.3) is 0 Å². The van der Waals surface area contributed by atoms with Gasteiger partial charge in [-0.15, -0.1) is 0 Å². The molecule has 0 saturated carbocycles. The van der Waals surface area contributed by atoms with Crippen LogP contribution in [0.2, 0.25) is 0 Å². The van der Waals surface area contributed by atoms with Crippen LogP contribution in [0, 0.1) is 0 Å². The Kier molecular flexibility index (Phi) is 4.54. The third-order valence-corrected chi connectivity index (χ3v) is 4.47. The molecule has 1 heterocycles. The number of amides is 1. The molecule has 0 aliphatic carbocycles. The van der Waals surface area contributed by atoms with E-state index in [1.165, 1.54) is 0 Å². The van der Waals surface area contributed by atoms with Gasteiger partial charge in [-0.1, -0.05) is 12.1 Å². The van der Waals surface area contributed by atoms with Crippen molar-refractivity contribution in [3.63, 3.8) is 0 Å². The Labute approximate surface area is 132 Å². The van der Waals surface area contributed by atoms with Gasteiger partial charge < -0.3 is 19.4 Å². The normalized spacial score (nSPS) is 19.1. The van der Waals surface area contributed by atoms with Crippen LogP contribution in [-0.2, 0) is 20.5 Å². The molecule has 1 saturated heterocycles. The first-order valence-corrected chi connectivity index (χ1v) is 7.43. The molecule has 22 heavy (non-hydrogen) atoms. The molecule has 1 aliphatic heterocycles. The standard InChI is InChI=1S/C16H24BNO4/c1-15(2)16(3,4)22-17(21-15)12-8-7-11(9-14(19)18-5)13(10-12)20-6/h7-8,10H,9H2,1-6H3,(H,18,19). The maximum absolute atomic E-state index is 11.5. The summed E-state index contributed by atoms with van der Waals surface area (Å²) in [7, 11) is 2.78. The van der Waals surface area contributed by atoms with E-state index in [1.54, 1.807) is 14.2 Å². The Morgan fingerprint density at radius 2 is 1.82 bits per heavy atom. The molecule has 1 aliphatic rings. The van der Waals surface area contributed by atoms with Crippen LogP contribution in [-0.4, -0.2) is 38.4 Å². The minimum absolute atomic E-state index is 0.0540. The van der Waals surface area contributed by atoms with Crippen molar-refractivity contribution in [3.05, 3.63) is 23.8 Å². The second kappa shape index (κ2) is 5.93. The van der Waals surface area contributed by atoms with Crippen LogP contribution in [0.3, 0.4) is 0 Å². The largest absolute Gasteiger partial charge is 0.496 e. The number of nitrogens with one attached hydrogen (secondary N) is 1. The zero-order valence-electron chi connectivity index (χ0n) is 14.1. The monoisotopic (exact) mass is 305 g/mol. The van der Waals surface area contributed by atoms with E-state index in [0.717, 1.165) is 11.0 Å². The van der Waals surface area contributed by atoms with Crippen molar-refractivity contribution in [2.45, 2.75) is 45.3 Å². The highest BCUT2D eigenvalue weighted by Gasteiger charge is 2.51. The summed E-state index contributed by atoms with van der Waals surface area (Å²) in [6, 6.07) is 5.68. The smallest absolute Gasteiger partial charge is 0.494 e. The van der Waals surface area contributed by atoms with E-state index in [0.29, 0.717) is 5.75 Å². The van der Waals surface area contributed by atoms with E-state index in [-0.39, 0.29) is 23.5 Å². The summed E-state index contributed by atoms with van der Waals surface area (Å²) in [5.74, 6) is 0.609. The van der Waals surface area contributed by atoms with E-state index in [4.69, 9.17) is 14.0 Å². The van der Waals surface area contributed by atoms with Gasteiger partial charge >= 0.3 is 7.12 Å². The van der Waals surface area contributed by atoms with Gasteiger partial charge in [0.05, 0.1) is 24.7 Å². The number of hydrogen-bond donors (Lipinski definition) is 1. The van der Waals surface area contributed by atoms with Crippen LogP contribution in [0.5, 0.6) is 5.75 Å². The van der Waals surface area contributed by atoms with Crippen molar-refractivity contribution in [2.75, 3.05) is 14.2 Å². The summed E-state index contributed by atoms with van der Waals surface area (Å²) in [5, 5.41) is 2.61. The highest BCUT2D eigenvalue weighted by Crippen LogP contribution is 2.36. The number of hydrogen-bond acceptors (Lipinski definition) is 4. The molecule has 0 aromatic heterocycles. The number of carbonyl (C=O) groups is 1. The fourth-order valence-corrected chi connectivity index (χ4v) is 2.29. The van der Waals surface area contributed by atoms with Crippen molar-refractivity contribution in [2.24, 2.45) is 0 Å². The van der Waals surface area contributed by atoms with E-state index in [1.807, 2.05) is 45.9 Å². The third-order valence-electron chi connectivity index (χ3n) is 4.47. The van der Waals surface area contributed by atoms with Crippen LogP contribution in [0.1, 0.15) is 33.3 Å². The van der Waals surface area contributed by atoms with Crippen LogP contribution in [0.4, 0.5) is 0 Å². The van der Waals surface area contributed by atoms with Crippen molar-refractivity contribution in [1.29, 1.82) is 0 Å². The van der Waals surface area contributed by atoms with E-state index in [2.05, 4.69) is 5.32 Å². The molecule has 2 rings (SSSR count). The first-order valence-electron chi connectivity index (χ1n) is 7.43. The van der Waals surface area contributed by atoms with Gasteiger partial charge in [0.2, 0.25) is 5.91 Å². The molecule has 1 fully saturated rings. The maximum Gasteiger partial charge on any atom is 0.494 e. The zero-order valence-corrected chi connectivity index (χ0v) is 14.1. The molecule has 1 N–H and O–H groups in total. The lowest BCUT2D eigenvalue weighted by atomic mass is 9.78. The van der Waals surface area contributed by atoms with Gasteiger partial charge in [0, 0.05) is 12.6 Å². The first kappa shape index (κ1) is 16.8. The molecule has 5 nitrogen and oxygen atoms in total. The average molecular weight is 305 g/mol. The minimum Gasteiger partial charge on any atom is -0.496 e. The summed E-state index contributed by atoms with van der Waals surface area (Å²) in [4.78, 5) is 11.5. The van der Waals surface area contributed by atoms with Gasteiger partial charge in [0.1, 0.15) is 5.75 Å². The maximum atomic E-state index is 11.5. The molecule has 0 unspecified atom stereocenters. The number of methoxy groups -OCH3 is 1. The number of ether oxygens (including phenoxy) is 1.